The van der Waals surface area contributed by atoms with Crippen LogP contribution in [0.1, 0.15) is 64.7 Å². The Morgan fingerprint density at radius 3 is 2.33 bits per heavy atom. The van der Waals surface area contributed by atoms with Crippen LogP contribution in [0.3, 0.4) is 0 Å². The molecule has 0 heterocycles. The number of rotatable bonds is 8. The molecule has 15 heavy (non-hydrogen) atoms. The topological polar surface area (TPSA) is 0 Å². The molecule has 0 aromatic rings. The minimum atomic E-state index is 1.28. The van der Waals surface area contributed by atoms with Crippen LogP contribution in [0.4, 0.5) is 0 Å². The minimum absolute atomic E-state index is 1.28. The summed E-state index contributed by atoms with van der Waals surface area (Å²) in [5, 5.41) is 0. The smallest absolute Gasteiger partial charge is 0.0254 e. The van der Waals surface area contributed by atoms with Crippen molar-refractivity contribution in [3.8, 4) is 0 Å². The van der Waals surface area contributed by atoms with Gasteiger partial charge in [0.25, 0.3) is 0 Å². The highest BCUT2D eigenvalue weighted by molar-refractivity contribution is 5.50. The van der Waals surface area contributed by atoms with E-state index in [9.17, 15) is 0 Å². The summed E-state index contributed by atoms with van der Waals surface area (Å²) in [5.74, 6) is 1.72. The Morgan fingerprint density at radius 2 is 1.80 bits per heavy atom. The van der Waals surface area contributed by atoms with E-state index < -0.39 is 0 Å². The van der Waals surface area contributed by atoms with E-state index >= 15 is 0 Å². The van der Waals surface area contributed by atoms with Crippen molar-refractivity contribution in [3.05, 3.63) is 29.2 Å². The fourth-order valence-corrected chi connectivity index (χ4v) is 2.29. The lowest BCUT2D eigenvalue weighted by Crippen LogP contribution is -2.06. The highest BCUT2D eigenvalue weighted by atomic mass is 14.3. The van der Waals surface area contributed by atoms with E-state index in [1.54, 1.807) is 17.1 Å². The van der Waals surface area contributed by atoms with Gasteiger partial charge in [-0.15, -0.1) is 0 Å². The Kier molecular flexibility index (Phi) is 4.05. The highest BCUT2D eigenvalue weighted by Crippen LogP contribution is 2.43. The molecule has 0 heteroatoms. The van der Waals surface area contributed by atoms with Gasteiger partial charge in [-0.25, -0.2) is 0 Å². The second-order valence-corrected chi connectivity index (χ2v) is 4.84. The maximum Gasteiger partial charge on any atom is 0.0254 e. The number of hydrogen-bond acceptors (Lipinski definition) is 0. The Hall–Kier alpha value is -0.520. The van der Waals surface area contributed by atoms with Crippen LogP contribution in [0.15, 0.2) is 23.3 Å². The van der Waals surface area contributed by atoms with Gasteiger partial charge in [-0.3, -0.25) is 0 Å². The third-order valence-electron chi connectivity index (χ3n) is 3.52. The molecule has 0 fully saturated rings. The predicted molar refractivity (Wildman–Crippen MR) is 66.6 cm³/mol. The molecule has 0 unspecified atom stereocenters. The van der Waals surface area contributed by atoms with Crippen LogP contribution < -0.4 is 0 Å². The lowest BCUT2D eigenvalue weighted by atomic mass is 9.82. The van der Waals surface area contributed by atoms with Gasteiger partial charge in [0, 0.05) is 5.92 Å². The molecule has 0 aromatic carbocycles. The quantitative estimate of drug-likeness (QED) is 0.488. The summed E-state index contributed by atoms with van der Waals surface area (Å²) in [5.41, 5.74) is 3.34. The molecule has 0 saturated heterocycles. The number of unbranched alkanes of at least 4 members (excludes halogenated alkanes) is 4. The molecule has 0 N–H and O–H groups in total. The summed E-state index contributed by atoms with van der Waals surface area (Å²) in [6.45, 7) is 2.28. The SMILES string of the molecule is CCCCCCC[C](C1=CC1)C1=CCC1. The predicted octanol–water partition coefficient (Wildman–Crippen LogP) is 4.97. The van der Waals surface area contributed by atoms with Crippen molar-refractivity contribution in [1.29, 1.82) is 0 Å². The Labute approximate surface area is 94.5 Å². The van der Waals surface area contributed by atoms with Crippen molar-refractivity contribution < 1.29 is 0 Å². The number of allylic oxidation sites excluding steroid dienone is 4. The van der Waals surface area contributed by atoms with E-state index in [4.69, 9.17) is 0 Å². The maximum atomic E-state index is 2.43. The van der Waals surface area contributed by atoms with Crippen LogP contribution in [0.25, 0.3) is 0 Å². The molecule has 2 aliphatic rings. The van der Waals surface area contributed by atoms with Gasteiger partial charge in [0.2, 0.25) is 0 Å². The normalized spacial score (nSPS) is 18.5. The lowest BCUT2D eigenvalue weighted by molar-refractivity contribution is 0.614. The molecule has 0 atom stereocenters. The van der Waals surface area contributed by atoms with Gasteiger partial charge in [0.05, 0.1) is 0 Å². The average Bonchev–Trinajstić information content (AvgIpc) is 2.96. The van der Waals surface area contributed by atoms with Crippen LogP contribution in [0, 0.1) is 5.92 Å². The third-order valence-corrected chi connectivity index (χ3v) is 3.52. The van der Waals surface area contributed by atoms with E-state index in [0.717, 1.165) is 0 Å². The molecule has 2 rings (SSSR count). The van der Waals surface area contributed by atoms with Crippen LogP contribution in [0.5, 0.6) is 0 Å². The molecule has 0 amide bonds. The zero-order valence-electron chi connectivity index (χ0n) is 10.0. The summed E-state index contributed by atoms with van der Waals surface area (Å²) in [6.07, 6.45) is 17.2. The molecule has 2 aliphatic carbocycles. The first-order valence-electron chi connectivity index (χ1n) is 6.66. The highest BCUT2D eigenvalue weighted by Gasteiger charge is 2.26. The van der Waals surface area contributed by atoms with Crippen LogP contribution >= 0.6 is 0 Å². The zero-order chi connectivity index (χ0) is 10.5. The Balaban J connectivity index is 1.64. The van der Waals surface area contributed by atoms with Gasteiger partial charge in [0.1, 0.15) is 0 Å². The van der Waals surface area contributed by atoms with Gasteiger partial charge in [-0.2, -0.15) is 0 Å². The fourth-order valence-electron chi connectivity index (χ4n) is 2.29. The molecule has 0 saturated carbocycles. The molecule has 0 aromatic heterocycles. The lowest BCUT2D eigenvalue weighted by Gasteiger charge is -2.23. The van der Waals surface area contributed by atoms with Gasteiger partial charge >= 0.3 is 0 Å². The first-order valence-corrected chi connectivity index (χ1v) is 6.66. The van der Waals surface area contributed by atoms with Crippen molar-refractivity contribution >= 4 is 0 Å². The minimum Gasteiger partial charge on any atom is -0.0841 e. The summed E-state index contributed by atoms with van der Waals surface area (Å²) in [4.78, 5) is 0. The van der Waals surface area contributed by atoms with Crippen molar-refractivity contribution in [3.63, 3.8) is 0 Å². The van der Waals surface area contributed by atoms with Crippen molar-refractivity contribution in [1.82, 2.24) is 0 Å². The first-order chi connectivity index (χ1) is 7.42. The van der Waals surface area contributed by atoms with Gasteiger partial charge in [-0.05, 0) is 25.7 Å². The van der Waals surface area contributed by atoms with E-state index in [1.165, 1.54) is 57.8 Å². The molecule has 0 spiro atoms. The largest absolute Gasteiger partial charge is 0.0841 e. The second kappa shape index (κ2) is 5.53. The summed E-state index contributed by atoms with van der Waals surface area (Å²) < 4.78 is 0. The van der Waals surface area contributed by atoms with E-state index in [1.807, 2.05) is 0 Å². The van der Waals surface area contributed by atoms with Crippen molar-refractivity contribution in [2.45, 2.75) is 64.7 Å². The molecule has 0 aliphatic heterocycles. The van der Waals surface area contributed by atoms with E-state index in [0.29, 0.717) is 0 Å². The van der Waals surface area contributed by atoms with Gasteiger partial charge < -0.3 is 0 Å². The molecule has 83 valence electrons. The van der Waals surface area contributed by atoms with Crippen LogP contribution in [-0.4, -0.2) is 0 Å². The average molecular weight is 203 g/mol. The molecule has 1 radical (unpaired) electrons. The maximum absolute atomic E-state index is 2.43. The summed E-state index contributed by atoms with van der Waals surface area (Å²) in [7, 11) is 0. The van der Waals surface area contributed by atoms with E-state index in [2.05, 4.69) is 19.1 Å². The number of hydrogen-bond donors (Lipinski definition) is 0. The van der Waals surface area contributed by atoms with Crippen molar-refractivity contribution in [2.75, 3.05) is 0 Å². The van der Waals surface area contributed by atoms with Gasteiger partial charge in [-0.1, -0.05) is 62.3 Å². The molecular formula is C15H23. The van der Waals surface area contributed by atoms with Gasteiger partial charge in [0.15, 0.2) is 0 Å². The zero-order valence-corrected chi connectivity index (χ0v) is 10.0. The second-order valence-electron chi connectivity index (χ2n) is 4.84. The first kappa shape index (κ1) is 11.0. The molecular weight excluding hydrogens is 180 g/mol. The summed E-state index contributed by atoms with van der Waals surface area (Å²) >= 11 is 0. The van der Waals surface area contributed by atoms with E-state index in [-0.39, 0.29) is 0 Å². The van der Waals surface area contributed by atoms with Crippen LogP contribution in [-0.2, 0) is 0 Å². The Bertz CT molecular complexity index is 257. The Morgan fingerprint density at radius 1 is 1.07 bits per heavy atom. The summed E-state index contributed by atoms with van der Waals surface area (Å²) in [6, 6.07) is 0. The molecule has 0 nitrogen and oxygen atoms in total. The third kappa shape index (κ3) is 3.22. The van der Waals surface area contributed by atoms with Crippen molar-refractivity contribution in [2.24, 2.45) is 0 Å². The fraction of sp³-hybridized carbons (Fsp3) is 0.667. The monoisotopic (exact) mass is 203 g/mol. The van der Waals surface area contributed by atoms with Crippen LogP contribution in [0.2, 0.25) is 0 Å². The molecule has 0 bridgehead atoms. The standard InChI is InChI=1S/C15H23/c1-2-3-4-5-6-10-15(14-11-12-14)13-8-7-9-13/h8,11H,2-7,9-10,12H2,1H3.